The van der Waals surface area contributed by atoms with E-state index in [0.717, 1.165) is 21.5 Å². The Labute approximate surface area is 181 Å². The quantitative estimate of drug-likeness (QED) is 0.404. The number of ether oxygens (including phenoxy) is 2. The van der Waals surface area contributed by atoms with Gasteiger partial charge in [-0.25, -0.2) is 8.42 Å². The largest absolute Gasteiger partial charge is 0.493 e. The van der Waals surface area contributed by atoms with Crippen LogP contribution < -0.4 is 20.9 Å². The van der Waals surface area contributed by atoms with Crippen LogP contribution in [0.25, 0.3) is 21.5 Å². The molecule has 0 aliphatic heterocycles. The summed E-state index contributed by atoms with van der Waals surface area (Å²) >= 11 is 0. The molecule has 0 amide bonds. The highest BCUT2D eigenvalue weighted by Gasteiger charge is 2.12. The van der Waals surface area contributed by atoms with Gasteiger partial charge in [0.1, 0.15) is 24.7 Å². The molecule has 0 bridgehead atoms. The lowest BCUT2D eigenvalue weighted by molar-refractivity contribution is 0.334. The number of hydrogen-bond acceptors (Lipinski definition) is 6. The topological polar surface area (TPSA) is 105 Å². The van der Waals surface area contributed by atoms with Crippen molar-refractivity contribution in [2.75, 3.05) is 36.2 Å². The molecule has 4 aromatic carbocycles. The van der Waals surface area contributed by atoms with Gasteiger partial charge < -0.3 is 20.9 Å². The maximum absolute atomic E-state index is 12.3. The monoisotopic (exact) mass is 436 g/mol. The SMILES string of the molecule is Nc1cccc2cc(OCCS(=O)(=O)CCOc3ccc4c(N)cccc4c3)ccc12. The van der Waals surface area contributed by atoms with Gasteiger partial charge in [-0.1, -0.05) is 24.3 Å². The first kappa shape index (κ1) is 20.8. The Hall–Kier alpha value is -3.45. The lowest BCUT2D eigenvalue weighted by atomic mass is 10.1. The minimum absolute atomic E-state index is 0.0748. The summed E-state index contributed by atoms with van der Waals surface area (Å²) in [7, 11) is -3.31. The lowest BCUT2D eigenvalue weighted by Gasteiger charge is -2.10. The molecular weight excluding hydrogens is 412 g/mol. The number of benzene rings is 4. The third-order valence-electron chi connectivity index (χ3n) is 5.10. The molecule has 160 valence electrons. The Kier molecular flexibility index (Phi) is 5.86. The molecule has 0 fully saturated rings. The molecule has 4 rings (SSSR count). The Morgan fingerprint density at radius 1 is 0.645 bits per heavy atom. The number of nitrogens with two attached hydrogens (primary N) is 2. The number of fused-ring (bicyclic) bond motifs is 2. The second kappa shape index (κ2) is 8.73. The third-order valence-corrected chi connectivity index (χ3v) is 6.67. The number of anilines is 2. The maximum atomic E-state index is 12.3. The zero-order valence-corrected chi connectivity index (χ0v) is 17.8. The summed E-state index contributed by atoms with van der Waals surface area (Å²) in [6.07, 6.45) is 0. The predicted molar refractivity (Wildman–Crippen MR) is 126 cm³/mol. The fourth-order valence-corrected chi connectivity index (χ4v) is 4.31. The van der Waals surface area contributed by atoms with Crippen molar-refractivity contribution in [2.45, 2.75) is 0 Å². The molecule has 0 aromatic heterocycles. The van der Waals surface area contributed by atoms with E-state index in [1.54, 1.807) is 12.1 Å². The van der Waals surface area contributed by atoms with Gasteiger partial charge in [0.2, 0.25) is 0 Å². The summed E-state index contributed by atoms with van der Waals surface area (Å²) in [5.41, 5.74) is 13.3. The van der Waals surface area contributed by atoms with Gasteiger partial charge in [0.25, 0.3) is 0 Å². The van der Waals surface area contributed by atoms with Gasteiger partial charge in [-0.3, -0.25) is 0 Å². The van der Waals surface area contributed by atoms with Crippen LogP contribution in [0, 0.1) is 0 Å². The molecule has 4 aromatic rings. The molecule has 0 aliphatic rings. The van der Waals surface area contributed by atoms with E-state index in [1.807, 2.05) is 60.7 Å². The normalized spacial score (nSPS) is 11.6. The van der Waals surface area contributed by atoms with Crippen molar-refractivity contribution in [1.82, 2.24) is 0 Å². The van der Waals surface area contributed by atoms with E-state index in [-0.39, 0.29) is 24.7 Å². The smallest absolute Gasteiger partial charge is 0.156 e. The van der Waals surface area contributed by atoms with Crippen molar-refractivity contribution in [3.05, 3.63) is 72.8 Å². The van der Waals surface area contributed by atoms with Crippen LogP contribution in [0.3, 0.4) is 0 Å². The van der Waals surface area contributed by atoms with Crippen LogP contribution >= 0.6 is 0 Å². The van der Waals surface area contributed by atoms with Crippen LogP contribution in [-0.4, -0.2) is 33.1 Å². The molecule has 0 saturated carbocycles. The first-order chi connectivity index (χ1) is 14.9. The predicted octanol–water partition coefficient (Wildman–Crippen LogP) is 4.03. The summed E-state index contributed by atoms with van der Waals surface area (Å²) in [6, 6.07) is 22.3. The number of rotatable bonds is 8. The number of sulfone groups is 1. The highest BCUT2D eigenvalue weighted by molar-refractivity contribution is 7.91. The van der Waals surface area contributed by atoms with Gasteiger partial charge in [-0.05, 0) is 59.3 Å². The molecule has 0 aliphatic carbocycles. The standard InChI is InChI=1S/C24H24N2O4S/c25-23-5-1-3-17-15-19(7-9-21(17)23)29-11-13-31(27,28)14-12-30-20-8-10-22-18(16-20)4-2-6-24(22)26/h1-10,15-16H,11-14,25-26H2. The lowest BCUT2D eigenvalue weighted by Crippen LogP contribution is -2.21. The Balaban J connectivity index is 1.28. The molecule has 0 spiro atoms. The number of nitrogen functional groups attached to an aromatic ring is 2. The fraction of sp³-hybridized carbons (Fsp3) is 0.167. The fourth-order valence-electron chi connectivity index (χ4n) is 3.43. The minimum Gasteiger partial charge on any atom is -0.493 e. The maximum Gasteiger partial charge on any atom is 0.156 e. The zero-order valence-electron chi connectivity index (χ0n) is 17.0. The highest BCUT2D eigenvalue weighted by Crippen LogP contribution is 2.26. The van der Waals surface area contributed by atoms with Crippen molar-refractivity contribution in [3.8, 4) is 11.5 Å². The van der Waals surface area contributed by atoms with Crippen molar-refractivity contribution in [3.63, 3.8) is 0 Å². The third kappa shape index (κ3) is 5.00. The van der Waals surface area contributed by atoms with Gasteiger partial charge in [0.15, 0.2) is 9.84 Å². The van der Waals surface area contributed by atoms with Crippen LogP contribution in [0.2, 0.25) is 0 Å². The van der Waals surface area contributed by atoms with Crippen LogP contribution in [0.4, 0.5) is 11.4 Å². The average Bonchev–Trinajstić information content (AvgIpc) is 2.74. The molecule has 31 heavy (non-hydrogen) atoms. The van der Waals surface area contributed by atoms with E-state index >= 15 is 0 Å². The van der Waals surface area contributed by atoms with Crippen LogP contribution in [0.5, 0.6) is 11.5 Å². The van der Waals surface area contributed by atoms with Crippen LogP contribution in [0.15, 0.2) is 72.8 Å². The zero-order chi connectivity index (χ0) is 21.8. The second-order valence-electron chi connectivity index (χ2n) is 7.31. The van der Waals surface area contributed by atoms with Crippen LogP contribution in [0.1, 0.15) is 0 Å². The van der Waals surface area contributed by atoms with E-state index in [2.05, 4.69) is 0 Å². The molecule has 0 unspecified atom stereocenters. The summed E-state index contributed by atoms with van der Waals surface area (Å²) in [4.78, 5) is 0. The van der Waals surface area contributed by atoms with Gasteiger partial charge >= 0.3 is 0 Å². The summed E-state index contributed by atoms with van der Waals surface area (Å²) in [5.74, 6) is 1.05. The molecule has 4 N–H and O–H groups in total. The molecule has 0 heterocycles. The van der Waals surface area contributed by atoms with E-state index in [4.69, 9.17) is 20.9 Å². The Morgan fingerprint density at radius 3 is 1.55 bits per heavy atom. The number of hydrogen-bond donors (Lipinski definition) is 2. The van der Waals surface area contributed by atoms with E-state index in [0.29, 0.717) is 22.9 Å². The van der Waals surface area contributed by atoms with Crippen molar-refractivity contribution >= 4 is 42.8 Å². The first-order valence-corrected chi connectivity index (χ1v) is 11.8. The van der Waals surface area contributed by atoms with Crippen molar-refractivity contribution in [1.29, 1.82) is 0 Å². The van der Waals surface area contributed by atoms with E-state index < -0.39 is 9.84 Å². The molecule has 0 atom stereocenters. The van der Waals surface area contributed by atoms with Gasteiger partial charge in [-0.15, -0.1) is 0 Å². The van der Waals surface area contributed by atoms with Gasteiger partial charge in [0.05, 0.1) is 11.5 Å². The van der Waals surface area contributed by atoms with Crippen molar-refractivity contribution in [2.24, 2.45) is 0 Å². The Morgan fingerprint density at radius 2 is 1.10 bits per heavy atom. The van der Waals surface area contributed by atoms with E-state index in [1.165, 1.54) is 0 Å². The first-order valence-electron chi connectivity index (χ1n) is 9.94. The minimum atomic E-state index is -3.31. The summed E-state index contributed by atoms with van der Waals surface area (Å²) in [6.45, 7) is 0.150. The van der Waals surface area contributed by atoms with E-state index in [9.17, 15) is 8.42 Å². The van der Waals surface area contributed by atoms with Gasteiger partial charge in [-0.2, -0.15) is 0 Å². The molecule has 6 nitrogen and oxygen atoms in total. The Bertz CT molecular complexity index is 1240. The van der Waals surface area contributed by atoms with Crippen LogP contribution in [-0.2, 0) is 9.84 Å². The summed E-state index contributed by atoms with van der Waals surface area (Å²) < 4.78 is 35.9. The van der Waals surface area contributed by atoms with Crippen molar-refractivity contribution < 1.29 is 17.9 Å². The highest BCUT2D eigenvalue weighted by atomic mass is 32.2. The van der Waals surface area contributed by atoms with Gasteiger partial charge in [0, 0.05) is 22.1 Å². The summed E-state index contributed by atoms with van der Waals surface area (Å²) in [5, 5.41) is 3.78. The molecule has 0 radical (unpaired) electrons. The molecule has 0 saturated heterocycles. The average molecular weight is 437 g/mol. The second-order valence-corrected chi connectivity index (χ2v) is 9.61. The molecule has 7 heteroatoms. The molecular formula is C24H24N2O4S.